The monoisotopic (exact) mass is 368 g/mol. The Morgan fingerprint density at radius 3 is 2.20 bits per heavy atom. The highest BCUT2D eigenvalue weighted by Gasteiger charge is 2.20. The van der Waals surface area contributed by atoms with Gasteiger partial charge in [-0.05, 0) is 74.7 Å². The molecule has 0 aliphatic carbocycles. The summed E-state index contributed by atoms with van der Waals surface area (Å²) in [6, 6.07) is 0. The lowest BCUT2D eigenvalue weighted by atomic mass is 9.99. The summed E-state index contributed by atoms with van der Waals surface area (Å²) in [4.78, 5) is -0.664. The van der Waals surface area contributed by atoms with E-state index in [2.05, 4.69) is 60.3 Å². The third-order valence-corrected chi connectivity index (χ3v) is 3.48. The first kappa shape index (κ1) is 23.8. The summed E-state index contributed by atoms with van der Waals surface area (Å²) in [6.45, 7) is 20.1. The summed E-state index contributed by atoms with van der Waals surface area (Å²) < 4.78 is 0. The molecule has 2 atom stereocenters. The predicted octanol–water partition coefficient (Wildman–Crippen LogP) is 6.48. The van der Waals surface area contributed by atoms with Crippen LogP contribution < -0.4 is 5.43 Å². The van der Waals surface area contributed by atoms with E-state index in [1.165, 1.54) is 0 Å². The van der Waals surface area contributed by atoms with Gasteiger partial charge in [-0.25, -0.2) is 0 Å². The van der Waals surface area contributed by atoms with Crippen LogP contribution in [-0.4, -0.2) is 21.8 Å². The first-order chi connectivity index (χ1) is 11.3. The van der Waals surface area contributed by atoms with Crippen molar-refractivity contribution in [3.63, 3.8) is 0 Å². The molecule has 0 rings (SSSR count). The highest BCUT2D eigenvalue weighted by molar-refractivity contribution is 6.23. The van der Waals surface area contributed by atoms with Crippen molar-refractivity contribution in [2.24, 2.45) is 21.2 Å². The van der Waals surface area contributed by atoms with Crippen molar-refractivity contribution in [3.05, 3.63) is 24.8 Å². The molecular formula is C20H37ClN4. The fourth-order valence-corrected chi connectivity index (χ4v) is 1.97. The Balaban J connectivity index is 4.73. The van der Waals surface area contributed by atoms with Crippen LogP contribution in [0.1, 0.15) is 74.7 Å². The summed E-state index contributed by atoms with van der Waals surface area (Å²) in [5, 5.41) is 13.1. The molecule has 25 heavy (non-hydrogen) atoms. The van der Waals surface area contributed by atoms with Gasteiger partial charge in [0.15, 0.2) is 5.00 Å². The topological polar surface area (TPSA) is 49.1 Å². The molecule has 0 saturated carbocycles. The van der Waals surface area contributed by atoms with E-state index >= 15 is 0 Å². The van der Waals surface area contributed by atoms with E-state index in [4.69, 9.17) is 11.6 Å². The Morgan fingerprint density at radius 2 is 1.72 bits per heavy atom. The van der Waals surface area contributed by atoms with Gasteiger partial charge in [-0.2, -0.15) is 15.3 Å². The molecule has 0 fully saturated rings. The zero-order valence-electron chi connectivity index (χ0n) is 17.4. The van der Waals surface area contributed by atoms with E-state index in [9.17, 15) is 0 Å². The van der Waals surface area contributed by atoms with Gasteiger partial charge in [0.05, 0.1) is 5.54 Å². The molecule has 0 aromatic rings. The van der Waals surface area contributed by atoms with Crippen LogP contribution in [0.5, 0.6) is 0 Å². The number of nitrogens with zero attached hydrogens (tertiary/aromatic N) is 3. The van der Waals surface area contributed by atoms with E-state index < -0.39 is 5.00 Å². The van der Waals surface area contributed by atoms with Gasteiger partial charge in [-0.1, -0.05) is 29.8 Å². The smallest absolute Gasteiger partial charge is 0.152 e. The van der Waals surface area contributed by atoms with E-state index in [1.54, 1.807) is 0 Å². The molecule has 0 aliphatic heterocycles. The Hall–Kier alpha value is -1.16. The van der Waals surface area contributed by atoms with Crippen LogP contribution in [0, 0.1) is 5.92 Å². The van der Waals surface area contributed by atoms with Crippen LogP contribution in [0.2, 0.25) is 0 Å². The number of hydrogen-bond acceptors (Lipinski definition) is 4. The Bertz CT molecular complexity index is 491. The molecule has 144 valence electrons. The van der Waals surface area contributed by atoms with Gasteiger partial charge in [-0.3, -0.25) is 0 Å². The maximum atomic E-state index is 6.44. The van der Waals surface area contributed by atoms with Crippen LogP contribution in [0.25, 0.3) is 0 Å². The molecule has 0 saturated heterocycles. The third kappa shape index (κ3) is 13.8. The van der Waals surface area contributed by atoms with E-state index in [0.29, 0.717) is 0 Å². The lowest BCUT2D eigenvalue weighted by molar-refractivity contribution is 0.439. The molecule has 0 amide bonds. The predicted molar refractivity (Wildman–Crippen MR) is 112 cm³/mol. The maximum Gasteiger partial charge on any atom is 0.152 e. The van der Waals surface area contributed by atoms with E-state index in [1.807, 2.05) is 40.7 Å². The molecule has 4 nitrogen and oxygen atoms in total. The molecular weight excluding hydrogens is 332 g/mol. The molecule has 0 radical (unpaired) electrons. The van der Waals surface area contributed by atoms with Crippen LogP contribution in [0.15, 0.2) is 40.1 Å². The van der Waals surface area contributed by atoms with Gasteiger partial charge in [0, 0.05) is 17.2 Å². The van der Waals surface area contributed by atoms with Gasteiger partial charge in [-0.15, -0.1) is 6.58 Å². The third-order valence-electron chi connectivity index (χ3n) is 3.22. The average molecular weight is 369 g/mol. The second kappa shape index (κ2) is 10.1. The Kier molecular flexibility index (Phi) is 9.63. The van der Waals surface area contributed by atoms with Gasteiger partial charge < -0.3 is 5.43 Å². The summed E-state index contributed by atoms with van der Waals surface area (Å²) in [7, 11) is 0. The lowest BCUT2D eigenvalue weighted by Crippen LogP contribution is -2.32. The number of nitrogens with one attached hydrogen (secondary N) is 1. The number of alkyl halides is 1. The largest absolute Gasteiger partial charge is 0.305 e. The van der Waals surface area contributed by atoms with Crippen LogP contribution >= 0.6 is 11.6 Å². The number of azo groups is 1. The fourth-order valence-electron chi connectivity index (χ4n) is 1.82. The van der Waals surface area contributed by atoms with Crippen LogP contribution in [0.4, 0.5) is 0 Å². The number of hydrogen-bond donors (Lipinski definition) is 1. The second-order valence-electron chi connectivity index (χ2n) is 8.73. The molecule has 5 heteroatoms. The minimum Gasteiger partial charge on any atom is -0.305 e. The van der Waals surface area contributed by atoms with Crippen molar-refractivity contribution in [1.29, 1.82) is 0 Å². The normalized spacial score (nSPS) is 17.7. The average Bonchev–Trinajstić information content (AvgIpc) is 2.44. The maximum absolute atomic E-state index is 6.44. The molecule has 0 aliphatic rings. The minimum absolute atomic E-state index is 0.0395. The van der Waals surface area contributed by atoms with Crippen LogP contribution in [-0.2, 0) is 0 Å². The van der Waals surface area contributed by atoms with Gasteiger partial charge in [0.25, 0.3) is 0 Å². The first-order valence-electron chi connectivity index (χ1n) is 8.98. The van der Waals surface area contributed by atoms with E-state index in [0.717, 1.165) is 25.0 Å². The van der Waals surface area contributed by atoms with Crippen molar-refractivity contribution < 1.29 is 0 Å². The van der Waals surface area contributed by atoms with Crippen molar-refractivity contribution >= 4 is 17.3 Å². The van der Waals surface area contributed by atoms with Crippen LogP contribution in [0.3, 0.4) is 0 Å². The Morgan fingerprint density at radius 1 is 1.12 bits per heavy atom. The zero-order valence-corrected chi connectivity index (χ0v) is 18.1. The summed E-state index contributed by atoms with van der Waals surface area (Å²) >= 11 is 6.44. The number of allylic oxidation sites excluding steroid dienone is 3. The van der Waals surface area contributed by atoms with Crippen molar-refractivity contribution in [1.82, 2.24) is 5.43 Å². The highest BCUT2D eigenvalue weighted by Crippen LogP contribution is 2.25. The molecule has 0 spiro atoms. The molecule has 2 unspecified atom stereocenters. The minimum atomic E-state index is -0.664. The van der Waals surface area contributed by atoms with Gasteiger partial charge >= 0.3 is 0 Å². The summed E-state index contributed by atoms with van der Waals surface area (Å²) in [5.41, 5.74) is 3.99. The van der Waals surface area contributed by atoms with Crippen molar-refractivity contribution in [2.45, 2.75) is 90.7 Å². The quantitative estimate of drug-likeness (QED) is 0.124. The molecule has 1 N–H and O–H groups in total. The molecule has 0 aromatic heterocycles. The standard InChI is InChI=1S/C20H37ClN4/c1-10-13-17(16(2)22-23-18(3,4)5)14-11-12-15-20(9,21)25-24-19(6,7)8/h10-11,14,17,23H,1,12-13,15H2,2-9H3. The van der Waals surface area contributed by atoms with Crippen molar-refractivity contribution in [2.75, 3.05) is 0 Å². The first-order valence-corrected chi connectivity index (χ1v) is 9.35. The zero-order chi connectivity index (χ0) is 19.7. The molecule has 0 aromatic carbocycles. The molecule has 0 bridgehead atoms. The fraction of sp³-hybridized carbons (Fsp3) is 0.750. The second-order valence-corrected chi connectivity index (χ2v) is 9.54. The highest BCUT2D eigenvalue weighted by atomic mass is 35.5. The lowest BCUT2D eigenvalue weighted by Gasteiger charge is -2.20. The number of rotatable bonds is 9. The SMILES string of the molecule is C=CCC(C=CCCC(C)(Cl)N=NC(C)(C)C)C(C)=NNC(C)(C)C. The van der Waals surface area contributed by atoms with Gasteiger partial charge in [0.2, 0.25) is 0 Å². The summed E-state index contributed by atoms with van der Waals surface area (Å²) in [5.74, 6) is 0.241. The number of hydrazone groups is 1. The Labute approximate surface area is 159 Å². The summed E-state index contributed by atoms with van der Waals surface area (Å²) in [6.07, 6.45) is 8.70. The van der Waals surface area contributed by atoms with E-state index in [-0.39, 0.29) is 17.0 Å². The van der Waals surface area contributed by atoms with Crippen molar-refractivity contribution in [3.8, 4) is 0 Å². The number of halogens is 1. The molecule has 0 heterocycles. The van der Waals surface area contributed by atoms with Gasteiger partial charge in [0.1, 0.15) is 0 Å².